The Labute approximate surface area is 156 Å². The number of nitrogens with zero attached hydrogens (tertiary/aromatic N) is 4. The average Bonchev–Trinajstić information content (AvgIpc) is 3.10. The van der Waals surface area contributed by atoms with E-state index in [-0.39, 0.29) is 0 Å². The zero-order valence-electron chi connectivity index (χ0n) is 14.5. The predicted octanol–water partition coefficient (Wildman–Crippen LogP) is 3.38. The maximum absolute atomic E-state index is 6.31. The van der Waals surface area contributed by atoms with E-state index >= 15 is 0 Å². The molecular weight excluding hydrogens is 348 g/mol. The lowest BCUT2D eigenvalue weighted by Gasteiger charge is -2.52. The molecule has 3 aromatic rings. The lowest BCUT2D eigenvalue weighted by atomic mass is 9.60. The smallest absolute Gasteiger partial charge is 0.202 e. The fourth-order valence-electron chi connectivity index (χ4n) is 4.31. The minimum Gasteiger partial charge on any atom is -0.355 e. The summed E-state index contributed by atoms with van der Waals surface area (Å²) in [4.78, 5) is 11.7. The Kier molecular flexibility index (Phi) is 3.65. The van der Waals surface area contributed by atoms with Crippen LogP contribution in [-0.4, -0.2) is 39.3 Å². The molecule has 0 bridgehead atoms. The topological polar surface area (TPSA) is 83.7 Å². The number of nitrogens with two attached hydrogens (primary N) is 1. The molecule has 2 aromatic heterocycles. The molecule has 7 heteroatoms. The number of piperidine rings is 1. The van der Waals surface area contributed by atoms with Crippen LogP contribution in [0.4, 0.5) is 5.82 Å². The van der Waals surface area contributed by atoms with E-state index in [1.54, 1.807) is 0 Å². The molecule has 1 aliphatic carbocycles. The highest BCUT2D eigenvalue weighted by Crippen LogP contribution is 2.48. The fraction of sp³-hybridized carbons (Fsp3) is 0.421. The van der Waals surface area contributed by atoms with Crippen LogP contribution in [-0.2, 0) is 0 Å². The van der Waals surface area contributed by atoms with Gasteiger partial charge in [0, 0.05) is 24.7 Å². The molecule has 0 amide bonds. The quantitative estimate of drug-likeness (QED) is 0.724. The van der Waals surface area contributed by atoms with E-state index in [0.717, 1.165) is 48.5 Å². The van der Waals surface area contributed by atoms with Crippen molar-refractivity contribution >= 4 is 28.6 Å². The summed E-state index contributed by atoms with van der Waals surface area (Å²) in [6.07, 6.45) is 6.56. The van der Waals surface area contributed by atoms with Crippen molar-refractivity contribution in [1.82, 2.24) is 20.2 Å². The van der Waals surface area contributed by atoms with Gasteiger partial charge in [-0.05, 0) is 37.2 Å². The van der Waals surface area contributed by atoms with Crippen molar-refractivity contribution in [2.45, 2.75) is 31.7 Å². The first kappa shape index (κ1) is 16.0. The Bertz CT molecular complexity index is 960. The molecule has 26 heavy (non-hydrogen) atoms. The molecule has 5 rings (SSSR count). The van der Waals surface area contributed by atoms with Gasteiger partial charge in [0.15, 0.2) is 0 Å². The lowest BCUT2D eigenvalue weighted by Crippen LogP contribution is -2.56. The predicted molar refractivity (Wildman–Crippen MR) is 103 cm³/mol. The molecule has 3 N–H and O–H groups in total. The zero-order chi connectivity index (χ0) is 17.7. The molecule has 2 aliphatic rings. The number of hydrogen-bond acceptors (Lipinski definition) is 5. The normalized spacial score (nSPS) is 21.9. The van der Waals surface area contributed by atoms with E-state index in [1.165, 1.54) is 12.8 Å². The summed E-state index contributed by atoms with van der Waals surface area (Å²) >= 11 is 6.31. The average molecular weight is 369 g/mol. The molecule has 2 fully saturated rings. The SMILES string of the molecule is N[C@@H]1CCC12CCN(c1cnc3c(-c4ccccc4Cl)[nH]nc3n1)CC2. The number of anilines is 1. The standard InChI is InChI=1S/C19H21ClN6/c20-13-4-2-1-3-12(13)16-17-18(25-24-16)23-15(11-22-17)26-9-7-19(8-10-26)6-5-14(19)21/h1-4,11,14H,5-10,21H2,(H,23,24,25)/t14-/m1/s1. The third-order valence-corrected chi connectivity index (χ3v) is 6.55. The molecule has 0 radical (unpaired) electrons. The van der Waals surface area contributed by atoms with E-state index in [0.29, 0.717) is 22.1 Å². The molecule has 134 valence electrons. The number of aromatic amines is 1. The van der Waals surface area contributed by atoms with Gasteiger partial charge in [-0.2, -0.15) is 5.10 Å². The highest BCUT2D eigenvalue weighted by molar-refractivity contribution is 6.33. The van der Waals surface area contributed by atoms with Gasteiger partial charge in [0.1, 0.15) is 11.3 Å². The number of nitrogens with one attached hydrogen (secondary N) is 1. The summed E-state index contributed by atoms with van der Waals surface area (Å²) < 4.78 is 0. The second-order valence-corrected chi connectivity index (χ2v) is 7.88. The van der Waals surface area contributed by atoms with Gasteiger partial charge in [-0.25, -0.2) is 9.97 Å². The van der Waals surface area contributed by atoms with Crippen LogP contribution in [0.5, 0.6) is 0 Å². The van der Waals surface area contributed by atoms with Gasteiger partial charge in [-0.1, -0.05) is 29.8 Å². The second kappa shape index (κ2) is 5.93. The molecule has 1 aliphatic heterocycles. The largest absolute Gasteiger partial charge is 0.355 e. The van der Waals surface area contributed by atoms with E-state index in [2.05, 4.69) is 20.1 Å². The number of aromatic nitrogens is 4. The van der Waals surface area contributed by atoms with Crippen LogP contribution in [0.1, 0.15) is 25.7 Å². The van der Waals surface area contributed by atoms with Crippen molar-refractivity contribution in [3.8, 4) is 11.3 Å². The van der Waals surface area contributed by atoms with Gasteiger partial charge in [0.2, 0.25) is 5.65 Å². The lowest BCUT2D eigenvalue weighted by molar-refractivity contribution is 0.0610. The van der Waals surface area contributed by atoms with Crippen molar-refractivity contribution in [2.75, 3.05) is 18.0 Å². The summed E-state index contributed by atoms with van der Waals surface area (Å²) in [7, 11) is 0. The van der Waals surface area contributed by atoms with Crippen molar-refractivity contribution in [1.29, 1.82) is 0 Å². The Morgan fingerprint density at radius 3 is 2.69 bits per heavy atom. The summed E-state index contributed by atoms with van der Waals surface area (Å²) in [5.74, 6) is 0.887. The molecule has 6 nitrogen and oxygen atoms in total. The molecule has 3 heterocycles. The first-order valence-corrected chi connectivity index (χ1v) is 9.51. The molecule has 1 aromatic carbocycles. The molecular formula is C19H21ClN6. The maximum atomic E-state index is 6.31. The molecule has 1 atom stereocenters. The minimum atomic E-state index is 0.373. The number of H-pyrrole nitrogens is 1. The van der Waals surface area contributed by atoms with Crippen LogP contribution < -0.4 is 10.6 Å². The molecule has 1 spiro atoms. The van der Waals surface area contributed by atoms with Gasteiger partial charge in [-0.15, -0.1) is 0 Å². The van der Waals surface area contributed by atoms with E-state index < -0.39 is 0 Å². The van der Waals surface area contributed by atoms with Gasteiger partial charge in [0.05, 0.1) is 16.9 Å². The highest BCUT2D eigenvalue weighted by Gasteiger charge is 2.46. The third-order valence-electron chi connectivity index (χ3n) is 6.22. The van der Waals surface area contributed by atoms with Crippen LogP contribution in [0.25, 0.3) is 22.4 Å². The molecule has 1 saturated heterocycles. The van der Waals surface area contributed by atoms with E-state index in [4.69, 9.17) is 22.3 Å². The van der Waals surface area contributed by atoms with Crippen LogP contribution in [0.2, 0.25) is 5.02 Å². The summed E-state index contributed by atoms with van der Waals surface area (Å²) in [5, 5.41) is 8.07. The van der Waals surface area contributed by atoms with Crippen LogP contribution in [0.3, 0.4) is 0 Å². The maximum Gasteiger partial charge on any atom is 0.202 e. The fourth-order valence-corrected chi connectivity index (χ4v) is 4.54. The van der Waals surface area contributed by atoms with E-state index in [9.17, 15) is 0 Å². The number of halogens is 1. The van der Waals surface area contributed by atoms with Crippen molar-refractivity contribution in [3.05, 3.63) is 35.5 Å². The minimum absolute atomic E-state index is 0.373. The van der Waals surface area contributed by atoms with Crippen molar-refractivity contribution in [3.63, 3.8) is 0 Å². The third kappa shape index (κ3) is 2.40. The van der Waals surface area contributed by atoms with E-state index in [1.807, 2.05) is 30.5 Å². The zero-order valence-corrected chi connectivity index (χ0v) is 15.2. The summed E-state index contributed by atoms with van der Waals surface area (Å²) in [6, 6.07) is 8.05. The number of rotatable bonds is 2. The summed E-state index contributed by atoms with van der Waals surface area (Å²) in [6.45, 7) is 1.96. The van der Waals surface area contributed by atoms with Crippen LogP contribution >= 0.6 is 11.6 Å². The Morgan fingerprint density at radius 1 is 1.19 bits per heavy atom. The van der Waals surface area contributed by atoms with Crippen LogP contribution in [0.15, 0.2) is 30.5 Å². The second-order valence-electron chi connectivity index (χ2n) is 7.47. The van der Waals surface area contributed by atoms with Gasteiger partial charge >= 0.3 is 0 Å². The Hall–Kier alpha value is -2.18. The first-order chi connectivity index (χ1) is 12.7. The van der Waals surface area contributed by atoms with Gasteiger partial charge < -0.3 is 10.6 Å². The monoisotopic (exact) mass is 368 g/mol. The molecule has 1 saturated carbocycles. The van der Waals surface area contributed by atoms with Crippen molar-refractivity contribution < 1.29 is 0 Å². The molecule has 0 unspecified atom stereocenters. The Morgan fingerprint density at radius 2 is 2.00 bits per heavy atom. The Balaban J connectivity index is 1.42. The first-order valence-electron chi connectivity index (χ1n) is 9.13. The van der Waals surface area contributed by atoms with Gasteiger partial charge in [0.25, 0.3) is 0 Å². The number of hydrogen-bond donors (Lipinski definition) is 2. The summed E-state index contributed by atoms with van der Waals surface area (Å²) in [5.41, 5.74) is 9.68. The van der Waals surface area contributed by atoms with Crippen molar-refractivity contribution in [2.24, 2.45) is 11.1 Å². The number of fused-ring (bicyclic) bond motifs is 1. The number of benzene rings is 1. The van der Waals surface area contributed by atoms with Crippen LogP contribution in [0, 0.1) is 5.41 Å². The highest BCUT2D eigenvalue weighted by atomic mass is 35.5. The van der Waals surface area contributed by atoms with Gasteiger partial charge in [-0.3, -0.25) is 5.10 Å².